The Balaban J connectivity index is 2.66. The minimum atomic E-state index is -0.258. The van der Waals surface area contributed by atoms with E-state index in [-0.39, 0.29) is 23.9 Å². The van der Waals surface area contributed by atoms with Crippen LogP contribution in [0.5, 0.6) is 0 Å². The second-order valence-corrected chi connectivity index (χ2v) is 3.88. The summed E-state index contributed by atoms with van der Waals surface area (Å²) in [4.78, 5) is 22.6. The Bertz CT molecular complexity index is 379. The van der Waals surface area contributed by atoms with E-state index < -0.39 is 0 Å². The highest BCUT2D eigenvalue weighted by Crippen LogP contribution is 2.12. The lowest BCUT2D eigenvalue weighted by Crippen LogP contribution is -2.17. The lowest BCUT2D eigenvalue weighted by atomic mass is 9.93. The molecule has 1 aromatic rings. The van der Waals surface area contributed by atoms with Crippen LogP contribution in [0.1, 0.15) is 18.9 Å². The maximum Gasteiger partial charge on any atom is 0.147 e. The predicted octanol–water partition coefficient (Wildman–Crippen LogP) is 2.58. The van der Waals surface area contributed by atoms with Gasteiger partial charge in [-0.1, -0.05) is 36.4 Å². The lowest BCUT2D eigenvalue weighted by Gasteiger charge is -2.10. The van der Waals surface area contributed by atoms with Gasteiger partial charge in [0, 0.05) is 5.92 Å². The summed E-state index contributed by atoms with van der Waals surface area (Å²) >= 11 is 0. The standard InChI is InChI=1S/C14H16O2/c1-3-13(14(16)9-11(2)15)10-12-7-5-4-6-8-12/h3-8,13H,1,9-10H2,2H3. The van der Waals surface area contributed by atoms with E-state index >= 15 is 0 Å². The molecular formula is C14H16O2. The molecule has 0 aliphatic heterocycles. The molecule has 0 aliphatic rings. The summed E-state index contributed by atoms with van der Waals surface area (Å²) in [5, 5.41) is 0. The number of benzene rings is 1. The summed E-state index contributed by atoms with van der Waals surface area (Å²) in [6.07, 6.45) is 2.25. The average Bonchev–Trinajstić information content (AvgIpc) is 2.26. The van der Waals surface area contributed by atoms with E-state index in [0.29, 0.717) is 6.42 Å². The largest absolute Gasteiger partial charge is 0.300 e. The molecule has 0 heterocycles. The minimum Gasteiger partial charge on any atom is -0.300 e. The molecule has 0 aromatic heterocycles. The molecule has 0 amide bonds. The van der Waals surface area contributed by atoms with Gasteiger partial charge in [-0.3, -0.25) is 9.59 Å². The lowest BCUT2D eigenvalue weighted by molar-refractivity contribution is -0.127. The maximum atomic E-state index is 11.7. The van der Waals surface area contributed by atoms with Crippen molar-refractivity contribution in [1.82, 2.24) is 0 Å². The van der Waals surface area contributed by atoms with Gasteiger partial charge in [0.05, 0.1) is 6.42 Å². The Hall–Kier alpha value is -1.70. The number of carbonyl (C=O) groups excluding carboxylic acids is 2. The molecule has 0 fully saturated rings. The first-order chi connectivity index (χ1) is 7.63. The van der Waals surface area contributed by atoms with Crippen LogP contribution in [-0.4, -0.2) is 11.6 Å². The van der Waals surface area contributed by atoms with Gasteiger partial charge in [0.15, 0.2) is 0 Å². The van der Waals surface area contributed by atoms with Crippen molar-refractivity contribution in [3.8, 4) is 0 Å². The molecule has 0 N–H and O–H groups in total. The van der Waals surface area contributed by atoms with Crippen molar-refractivity contribution in [2.45, 2.75) is 19.8 Å². The Kier molecular flexibility index (Phi) is 4.65. The molecule has 0 aliphatic carbocycles. The van der Waals surface area contributed by atoms with Crippen molar-refractivity contribution in [3.63, 3.8) is 0 Å². The van der Waals surface area contributed by atoms with E-state index in [1.54, 1.807) is 6.08 Å². The number of ketones is 2. The third-order valence-corrected chi connectivity index (χ3v) is 2.42. The monoisotopic (exact) mass is 216 g/mol. The number of allylic oxidation sites excluding steroid dienone is 1. The number of Topliss-reactive ketones (excluding diaryl/α,β-unsaturated/α-hetero) is 2. The van der Waals surface area contributed by atoms with E-state index in [2.05, 4.69) is 6.58 Å². The molecular weight excluding hydrogens is 200 g/mol. The predicted molar refractivity (Wildman–Crippen MR) is 64.1 cm³/mol. The van der Waals surface area contributed by atoms with Crippen LogP contribution >= 0.6 is 0 Å². The molecule has 0 bridgehead atoms. The van der Waals surface area contributed by atoms with E-state index in [1.807, 2.05) is 30.3 Å². The summed E-state index contributed by atoms with van der Waals surface area (Å²) in [6.45, 7) is 5.08. The summed E-state index contributed by atoms with van der Waals surface area (Å²) in [5.41, 5.74) is 1.09. The first kappa shape index (κ1) is 12.4. The number of hydrogen-bond donors (Lipinski definition) is 0. The van der Waals surface area contributed by atoms with Crippen molar-refractivity contribution in [3.05, 3.63) is 48.6 Å². The van der Waals surface area contributed by atoms with E-state index in [9.17, 15) is 9.59 Å². The van der Waals surface area contributed by atoms with E-state index in [4.69, 9.17) is 0 Å². The summed E-state index contributed by atoms with van der Waals surface area (Å²) in [6, 6.07) is 9.74. The highest BCUT2D eigenvalue weighted by atomic mass is 16.1. The maximum absolute atomic E-state index is 11.7. The molecule has 1 rings (SSSR count). The molecule has 0 saturated carbocycles. The van der Waals surface area contributed by atoms with Gasteiger partial charge in [-0.2, -0.15) is 0 Å². The fourth-order valence-corrected chi connectivity index (χ4v) is 1.57. The molecule has 1 unspecified atom stereocenters. The number of rotatable bonds is 6. The van der Waals surface area contributed by atoms with Crippen molar-refractivity contribution in [2.75, 3.05) is 0 Å². The third-order valence-electron chi connectivity index (χ3n) is 2.42. The van der Waals surface area contributed by atoms with Crippen LogP contribution in [0.2, 0.25) is 0 Å². The molecule has 0 spiro atoms. The van der Waals surface area contributed by atoms with Crippen molar-refractivity contribution in [2.24, 2.45) is 5.92 Å². The topological polar surface area (TPSA) is 34.1 Å². The van der Waals surface area contributed by atoms with Crippen LogP contribution in [0.3, 0.4) is 0 Å². The molecule has 0 saturated heterocycles. The van der Waals surface area contributed by atoms with Crippen LogP contribution in [-0.2, 0) is 16.0 Å². The van der Waals surface area contributed by atoms with Gasteiger partial charge >= 0.3 is 0 Å². The second kappa shape index (κ2) is 6.01. The SMILES string of the molecule is C=CC(Cc1ccccc1)C(=O)CC(C)=O. The molecule has 0 radical (unpaired) electrons. The van der Waals surface area contributed by atoms with Crippen LogP contribution in [0, 0.1) is 5.92 Å². The second-order valence-electron chi connectivity index (χ2n) is 3.88. The van der Waals surface area contributed by atoms with Gasteiger partial charge in [0.1, 0.15) is 11.6 Å². The van der Waals surface area contributed by atoms with Crippen molar-refractivity contribution >= 4 is 11.6 Å². The Morgan fingerprint density at radius 3 is 2.44 bits per heavy atom. The molecule has 1 aromatic carbocycles. The first-order valence-electron chi connectivity index (χ1n) is 5.32. The number of carbonyl (C=O) groups is 2. The zero-order chi connectivity index (χ0) is 12.0. The van der Waals surface area contributed by atoms with Gasteiger partial charge < -0.3 is 0 Å². The summed E-state index contributed by atoms with van der Waals surface area (Å²) in [5.74, 6) is -0.400. The van der Waals surface area contributed by atoms with Gasteiger partial charge in [-0.25, -0.2) is 0 Å². The average molecular weight is 216 g/mol. The highest BCUT2D eigenvalue weighted by molar-refractivity contribution is 5.99. The quantitative estimate of drug-likeness (QED) is 0.541. The Morgan fingerprint density at radius 2 is 1.94 bits per heavy atom. The third kappa shape index (κ3) is 3.81. The van der Waals surface area contributed by atoms with Gasteiger partial charge in [0.25, 0.3) is 0 Å². The van der Waals surface area contributed by atoms with Gasteiger partial charge in [0.2, 0.25) is 0 Å². The zero-order valence-corrected chi connectivity index (χ0v) is 9.48. The first-order valence-corrected chi connectivity index (χ1v) is 5.32. The van der Waals surface area contributed by atoms with E-state index in [0.717, 1.165) is 5.56 Å². The zero-order valence-electron chi connectivity index (χ0n) is 9.48. The minimum absolute atomic E-state index is 0.00349. The molecule has 2 heteroatoms. The van der Waals surface area contributed by atoms with Gasteiger partial charge in [-0.05, 0) is 18.9 Å². The Morgan fingerprint density at radius 1 is 1.31 bits per heavy atom. The fraction of sp³-hybridized carbons (Fsp3) is 0.286. The number of hydrogen-bond acceptors (Lipinski definition) is 2. The summed E-state index contributed by atoms with van der Waals surface area (Å²) in [7, 11) is 0. The van der Waals surface area contributed by atoms with E-state index in [1.165, 1.54) is 6.92 Å². The van der Waals surface area contributed by atoms with Crippen LogP contribution in [0.15, 0.2) is 43.0 Å². The Labute approximate surface area is 96.0 Å². The van der Waals surface area contributed by atoms with Crippen molar-refractivity contribution in [1.29, 1.82) is 0 Å². The molecule has 2 nitrogen and oxygen atoms in total. The molecule has 16 heavy (non-hydrogen) atoms. The van der Waals surface area contributed by atoms with Gasteiger partial charge in [-0.15, -0.1) is 6.58 Å². The fourth-order valence-electron chi connectivity index (χ4n) is 1.57. The van der Waals surface area contributed by atoms with Crippen LogP contribution in [0.25, 0.3) is 0 Å². The smallest absolute Gasteiger partial charge is 0.147 e. The van der Waals surface area contributed by atoms with Crippen LogP contribution in [0.4, 0.5) is 0 Å². The molecule has 1 atom stereocenters. The molecule has 84 valence electrons. The highest BCUT2D eigenvalue weighted by Gasteiger charge is 2.16. The van der Waals surface area contributed by atoms with Crippen molar-refractivity contribution < 1.29 is 9.59 Å². The summed E-state index contributed by atoms with van der Waals surface area (Å²) < 4.78 is 0. The van der Waals surface area contributed by atoms with Crippen LogP contribution < -0.4 is 0 Å². The normalized spacial score (nSPS) is 11.8.